The molecule has 1 aliphatic carbocycles. The van der Waals surface area contributed by atoms with E-state index in [0.29, 0.717) is 17.5 Å². The topological polar surface area (TPSA) is 81.4 Å². The summed E-state index contributed by atoms with van der Waals surface area (Å²) in [6.45, 7) is 5.24. The fourth-order valence-electron chi connectivity index (χ4n) is 1.62. The zero-order valence-corrected chi connectivity index (χ0v) is 10.6. The highest BCUT2D eigenvalue weighted by atomic mass is 16.5. The molecule has 0 spiro atoms. The van der Waals surface area contributed by atoms with E-state index in [9.17, 15) is 9.59 Å². The molecule has 1 saturated carbocycles. The molecule has 0 aromatic carbocycles. The average molecular weight is 252 g/mol. The number of esters is 1. The number of carbonyl (C=O) groups is 2. The van der Waals surface area contributed by atoms with Crippen LogP contribution >= 0.6 is 0 Å². The highest BCUT2D eigenvalue weighted by Crippen LogP contribution is 2.38. The molecule has 3 unspecified atom stereocenters. The third kappa shape index (κ3) is 2.88. The molecular formula is C12H16N2O4. The van der Waals surface area contributed by atoms with Gasteiger partial charge in [0.1, 0.15) is 5.76 Å². The van der Waals surface area contributed by atoms with Gasteiger partial charge in [-0.05, 0) is 26.2 Å². The van der Waals surface area contributed by atoms with E-state index in [1.54, 1.807) is 13.0 Å². The van der Waals surface area contributed by atoms with E-state index in [0.717, 1.165) is 6.42 Å². The third-order valence-corrected chi connectivity index (χ3v) is 2.95. The fourth-order valence-corrected chi connectivity index (χ4v) is 1.62. The van der Waals surface area contributed by atoms with E-state index in [-0.39, 0.29) is 11.9 Å². The van der Waals surface area contributed by atoms with Crippen molar-refractivity contribution in [1.29, 1.82) is 0 Å². The molecule has 2 rings (SSSR count). The maximum atomic E-state index is 11.7. The molecule has 6 nitrogen and oxygen atoms in total. The van der Waals surface area contributed by atoms with Crippen molar-refractivity contribution in [2.75, 3.05) is 5.32 Å². The van der Waals surface area contributed by atoms with Gasteiger partial charge in [0, 0.05) is 6.07 Å². The number of ether oxygens (including phenoxy) is 1. The Morgan fingerprint density at radius 1 is 1.61 bits per heavy atom. The lowest BCUT2D eigenvalue weighted by Gasteiger charge is -2.11. The largest absolute Gasteiger partial charge is 0.452 e. The van der Waals surface area contributed by atoms with Crippen molar-refractivity contribution in [3.63, 3.8) is 0 Å². The highest BCUT2D eigenvalue weighted by molar-refractivity contribution is 5.94. The highest BCUT2D eigenvalue weighted by Gasteiger charge is 2.41. The zero-order chi connectivity index (χ0) is 13.3. The molecule has 0 aliphatic heterocycles. The minimum Gasteiger partial charge on any atom is -0.452 e. The van der Waals surface area contributed by atoms with Crippen LogP contribution in [-0.4, -0.2) is 23.1 Å². The van der Waals surface area contributed by atoms with Gasteiger partial charge in [0.2, 0.25) is 0 Å². The van der Waals surface area contributed by atoms with Crippen molar-refractivity contribution >= 4 is 17.7 Å². The van der Waals surface area contributed by atoms with Gasteiger partial charge in [-0.15, -0.1) is 0 Å². The second-order valence-corrected chi connectivity index (χ2v) is 4.71. The van der Waals surface area contributed by atoms with Crippen LogP contribution < -0.4 is 5.32 Å². The van der Waals surface area contributed by atoms with Gasteiger partial charge >= 0.3 is 5.97 Å². The summed E-state index contributed by atoms with van der Waals surface area (Å²) in [7, 11) is 0. The van der Waals surface area contributed by atoms with E-state index < -0.39 is 12.0 Å². The summed E-state index contributed by atoms with van der Waals surface area (Å²) in [6.07, 6.45) is 0.0117. The van der Waals surface area contributed by atoms with Crippen LogP contribution in [0, 0.1) is 18.8 Å². The molecule has 1 aliphatic rings. The van der Waals surface area contributed by atoms with Gasteiger partial charge in [0.15, 0.2) is 11.9 Å². The number of anilines is 1. The summed E-state index contributed by atoms with van der Waals surface area (Å²) in [4.78, 5) is 23.3. The lowest BCUT2D eigenvalue weighted by molar-refractivity contribution is -0.154. The number of amides is 1. The van der Waals surface area contributed by atoms with Gasteiger partial charge in [0.05, 0.1) is 5.92 Å². The Hall–Kier alpha value is -1.85. The van der Waals surface area contributed by atoms with Gasteiger partial charge in [-0.1, -0.05) is 12.1 Å². The Balaban J connectivity index is 1.83. The molecule has 1 amide bonds. The van der Waals surface area contributed by atoms with E-state index in [1.165, 1.54) is 6.92 Å². The molecule has 6 heteroatoms. The van der Waals surface area contributed by atoms with Crippen molar-refractivity contribution in [1.82, 2.24) is 5.16 Å². The number of rotatable bonds is 4. The molecular weight excluding hydrogens is 236 g/mol. The number of hydrogen-bond acceptors (Lipinski definition) is 5. The molecule has 0 saturated heterocycles. The zero-order valence-electron chi connectivity index (χ0n) is 10.6. The SMILES string of the molecule is Cc1cc(NC(=O)C(C)OC(=O)C2CC2C)no1. The first-order chi connectivity index (χ1) is 8.47. The maximum Gasteiger partial charge on any atom is 0.309 e. The third-order valence-electron chi connectivity index (χ3n) is 2.95. The Morgan fingerprint density at radius 2 is 2.28 bits per heavy atom. The first-order valence-electron chi connectivity index (χ1n) is 5.92. The monoisotopic (exact) mass is 252 g/mol. The van der Waals surface area contributed by atoms with Crippen LogP contribution in [0.3, 0.4) is 0 Å². The standard InChI is InChI=1S/C12H16N2O4/c1-6-4-9(6)12(16)17-8(3)11(15)13-10-5-7(2)18-14-10/h5-6,8-9H,4H2,1-3H3,(H,13,14,15). The van der Waals surface area contributed by atoms with E-state index in [4.69, 9.17) is 9.26 Å². The second kappa shape index (κ2) is 4.80. The Morgan fingerprint density at radius 3 is 2.78 bits per heavy atom. The predicted octanol–water partition coefficient (Wildman–Crippen LogP) is 1.51. The summed E-state index contributed by atoms with van der Waals surface area (Å²) >= 11 is 0. The first-order valence-corrected chi connectivity index (χ1v) is 5.92. The molecule has 1 aromatic heterocycles. The summed E-state index contributed by atoms with van der Waals surface area (Å²) in [6, 6.07) is 1.59. The normalized spacial score (nSPS) is 23.3. The smallest absolute Gasteiger partial charge is 0.309 e. The molecule has 0 radical (unpaired) electrons. The van der Waals surface area contributed by atoms with Gasteiger partial charge < -0.3 is 14.6 Å². The molecule has 1 N–H and O–H groups in total. The van der Waals surface area contributed by atoms with Gasteiger partial charge in [-0.25, -0.2) is 0 Å². The number of carbonyl (C=O) groups excluding carboxylic acids is 2. The lowest BCUT2D eigenvalue weighted by Crippen LogP contribution is -2.30. The Labute approximate surface area is 105 Å². The van der Waals surface area contributed by atoms with E-state index >= 15 is 0 Å². The maximum absolute atomic E-state index is 11.7. The Bertz CT molecular complexity index is 468. The Kier molecular flexibility index (Phi) is 3.36. The predicted molar refractivity (Wildman–Crippen MR) is 62.7 cm³/mol. The molecule has 3 atom stereocenters. The average Bonchev–Trinajstić information content (AvgIpc) is 2.90. The van der Waals surface area contributed by atoms with Crippen LogP contribution in [0.1, 0.15) is 26.0 Å². The molecule has 18 heavy (non-hydrogen) atoms. The van der Waals surface area contributed by atoms with Gasteiger partial charge in [-0.3, -0.25) is 9.59 Å². The summed E-state index contributed by atoms with van der Waals surface area (Å²) < 4.78 is 9.89. The van der Waals surface area contributed by atoms with Crippen molar-refractivity contribution in [2.24, 2.45) is 11.8 Å². The van der Waals surface area contributed by atoms with Crippen molar-refractivity contribution in [3.8, 4) is 0 Å². The van der Waals surface area contributed by atoms with E-state index in [1.807, 2.05) is 6.92 Å². The first kappa shape index (κ1) is 12.6. The van der Waals surface area contributed by atoms with Crippen LogP contribution in [0.2, 0.25) is 0 Å². The number of nitrogens with one attached hydrogen (secondary N) is 1. The van der Waals surface area contributed by atoms with Crippen molar-refractivity contribution in [3.05, 3.63) is 11.8 Å². The van der Waals surface area contributed by atoms with Crippen LogP contribution in [0.4, 0.5) is 5.82 Å². The number of aryl methyl sites for hydroxylation is 1. The quantitative estimate of drug-likeness (QED) is 0.821. The molecule has 1 heterocycles. The van der Waals surface area contributed by atoms with Crippen molar-refractivity contribution in [2.45, 2.75) is 33.3 Å². The molecule has 98 valence electrons. The van der Waals surface area contributed by atoms with Crippen LogP contribution in [0.5, 0.6) is 0 Å². The fraction of sp³-hybridized carbons (Fsp3) is 0.583. The van der Waals surface area contributed by atoms with Crippen molar-refractivity contribution < 1.29 is 18.8 Å². The summed E-state index contributed by atoms with van der Waals surface area (Å²) in [5.74, 6) is 0.522. The van der Waals surface area contributed by atoms with Crippen LogP contribution in [0.15, 0.2) is 10.6 Å². The second-order valence-electron chi connectivity index (χ2n) is 4.71. The number of nitrogens with zero attached hydrogens (tertiary/aromatic N) is 1. The number of aromatic nitrogens is 1. The molecule has 1 aromatic rings. The molecule has 1 fully saturated rings. The lowest BCUT2D eigenvalue weighted by atomic mass is 10.3. The number of hydrogen-bond donors (Lipinski definition) is 1. The molecule has 0 bridgehead atoms. The van der Waals surface area contributed by atoms with E-state index in [2.05, 4.69) is 10.5 Å². The minimum atomic E-state index is -0.831. The van der Waals surface area contributed by atoms with Gasteiger partial charge in [-0.2, -0.15) is 0 Å². The minimum absolute atomic E-state index is 0.0467. The summed E-state index contributed by atoms with van der Waals surface area (Å²) in [5.41, 5.74) is 0. The van der Waals surface area contributed by atoms with Gasteiger partial charge in [0.25, 0.3) is 5.91 Å². The van der Waals surface area contributed by atoms with Crippen LogP contribution in [-0.2, 0) is 14.3 Å². The van der Waals surface area contributed by atoms with Crippen LogP contribution in [0.25, 0.3) is 0 Å². The summed E-state index contributed by atoms with van der Waals surface area (Å²) in [5, 5.41) is 6.15.